The van der Waals surface area contributed by atoms with E-state index >= 15 is 0 Å². The maximum absolute atomic E-state index is 12.8. The standard InChI is InChI=1S/C16H16FNO5S2/c1-11(16(20)12-4-6-13(17)7-5-12)23-14(19)8-9-18-25(21,22)15-3-2-10-24-15/h2-7,10-11,18H,8-9H2,1H3/t11-/m1/s1. The minimum Gasteiger partial charge on any atom is -0.454 e. The molecule has 0 spiro atoms. The molecule has 9 heteroatoms. The largest absolute Gasteiger partial charge is 0.454 e. The number of carbonyl (C=O) groups is 2. The Hall–Kier alpha value is -2.10. The van der Waals surface area contributed by atoms with Crippen molar-refractivity contribution in [3.63, 3.8) is 0 Å². The van der Waals surface area contributed by atoms with E-state index in [2.05, 4.69) is 4.72 Å². The number of benzene rings is 1. The van der Waals surface area contributed by atoms with Gasteiger partial charge in [-0.1, -0.05) is 6.07 Å². The van der Waals surface area contributed by atoms with Crippen molar-refractivity contribution in [1.29, 1.82) is 0 Å². The molecule has 134 valence electrons. The summed E-state index contributed by atoms with van der Waals surface area (Å²) in [5, 5.41) is 1.63. The highest BCUT2D eigenvalue weighted by Crippen LogP contribution is 2.15. The van der Waals surface area contributed by atoms with Crippen molar-refractivity contribution < 1.29 is 27.1 Å². The number of rotatable bonds is 8. The average molecular weight is 385 g/mol. The van der Waals surface area contributed by atoms with Gasteiger partial charge >= 0.3 is 5.97 Å². The van der Waals surface area contributed by atoms with Crippen molar-refractivity contribution >= 4 is 33.1 Å². The van der Waals surface area contributed by atoms with E-state index in [1.165, 1.54) is 25.1 Å². The monoisotopic (exact) mass is 385 g/mol. The molecule has 0 aliphatic rings. The van der Waals surface area contributed by atoms with Crippen LogP contribution in [0.4, 0.5) is 4.39 Å². The maximum atomic E-state index is 12.8. The van der Waals surface area contributed by atoms with Crippen LogP contribution >= 0.6 is 11.3 Å². The van der Waals surface area contributed by atoms with E-state index in [9.17, 15) is 22.4 Å². The van der Waals surface area contributed by atoms with Crippen LogP contribution in [0.25, 0.3) is 0 Å². The highest BCUT2D eigenvalue weighted by molar-refractivity contribution is 7.91. The van der Waals surface area contributed by atoms with Gasteiger partial charge in [-0.05, 0) is 42.6 Å². The third-order valence-electron chi connectivity index (χ3n) is 3.19. The molecule has 1 aromatic heterocycles. The van der Waals surface area contributed by atoms with Gasteiger partial charge in [0.2, 0.25) is 15.8 Å². The predicted molar refractivity (Wildman–Crippen MR) is 90.4 cm³/mol. The highest BCUT2D eigenvalue weighted by atomic mass is 32.2. The lowest BCUT2D eigenvalue weighted by molar-refractivity contribution is -0.146. The lowest BCUT2D eigenvalue weighted by atomic mass is 10.1. The molecule has 0 aliphatic heterocycles. The van der Waals surface area contributed by atoms with Crippen LogP contribution in [0.1, 0.15) is 23.7 Å². The number of Topliss-reactive ketones (excluding diaryl/α,β-unsaturated/α-hetero) is 1. The summed E-state index contributed by atoms with van der Waals surface area (Å²) in [4.78, 5) is 23.8. The molecule has 1 atom stereocenters. The molecule has 0 radical (unpaired) electrons. The summed E-state index contributed by atoms with van der Waals surface area (Å²) in [6.07, 6.45) is -1.27. The summed E-state index contributed by atoms with van der Waals surface area (Å²) in [5.41, 5.74) is 0.222. The number of hydrogen-bond acceptors (Lipinski definition) is 6. The van der Waals surface area contributed by atoms with Gasteiger partial charge in [0, 0.05) is 12.1 Å². The minimum atomic E-state index is -3.65. The summed E-state index contributed by atoms with van der Waals surface area (Å²) in [5.74, 6) is -1.65. The van der Waals surface area contributed by atoms with Crippen molar-refractivity contribution in [1.82, 2.24) is 4.72 Å². The number of esters is 1. The first kappa shape index (κ1) is 19.2. The fourth-order valence-electron chi connectivity index (χ4n) is 1.93. The molecule has 0 saturated carbocycles. The third kappa shape index (κ3) is 5.45. The number of carbonyl (C=O) groups excluding carboxylic acids is 2. The third-order valence-corrected chi connectivity index (χ3v) is 6.05. The maximum Gasteiger partial charge on any atom is 0.307 e. The molecule has 1 aromatic carbocycles. The van der Waals surface area contributed by atoms with Crippen molar-refractivity contribution in [2.75, 3.05) is 6.54 Å². The van der Waals surface area contributed by atoms with Crippen LogP contribution in [0.3, 0.4) is 0 Å². The van der Waals surface area contributed by atoms with Crippen molar-refractivity contribution in [2.24, 2.45) is 0 Å². The van der Waals surface area contributed by atoms with Crippen molar-refractivity contribution in [3.05, 3.63) is 53.2 Å². The van der Waals surface area contributed by atoms with Crippen LogP contribution in [-0.2, 0) is 19.6 Å². The zero-order valence-corrected chi connectivity index (χ0v) is 14.9. The van der Waals surface area contributed by atoms with E-state index in [-0.39, 0.29) is 22.7 Å². The highest BCUT2D eigenvalue weighted by Gasteiger charge is 2.20. The molecule has 0 unspecified atom stereocenters. The number of ketones is 1. The van der Waals surface area contributed by atoms with E-state index in [1.54, 1.807) is 11.4 Å². The van der Waals surface area contributed by atoms with Crippen molar-refractivity contribution in [3.8, 4) is 0 Å². The fraction of sp³-hybridized carbons (Fsp3) is 0.250. The van der Waals surface area contributed by atoms with Gasteiger partial charge in [-0.15, -0.1) is 11.3 Å². The summed E-state index contributed by atoms with van der Waals surface area (Å²) in [7, 11) is -3.65. The molecule has 1 heterocycles. The Balaban J connectivity index is 1.81. The first-order valence-electron chi connectivity index (χ1n) is 7.32. The number of hydrogen-bond donors (Lipinski definition) is 1. The minimum absolute atomic E-state index is 0.142. The molecule has 1 N–H and O–H groups in total. The lowest BCUT2D eigenvalue weighted by Gasteiger charge is -2.12. The second-order valence-corrected chi connectivity index (χ2v) is 8.02. The van der Waals surface area contributed by atoms with E-state index in [4.69, 9.17) is 4.74 Å². The van der Waals surface area contributed by atoms with Crippen LogP contribution in [0.2, 0.25) is 0 Å². The number of halogens is 1. The fourth-order valence-corrected chi connectivity index (χ4v) is 4.00. The molecule has 25 heavy (non-hydrogen) atoms. The summed E-state index contributed by atoms with van der Waals surface area (Å²) in [6.45, 7) is 1.26. The Bertz CT molecular complexity index is 832. The molecular weight excluding hydrogens is 369 g/mol. The van der Waals surface area contributed by atoms with Gasteiger partial charge < -0.3 is 4.74 Å². The van der Waals surface area contributed by atoms with Gasteiger partial charge in [0.1, 0.15) is 10.0 Å². The molecule has 2 aromatic rings. The topological polar surface area (TPSA) is 89.5 Å². The van der Waals surface area contributed by atoms with E-state index < -0.39 is 33.7 Å². The van der Waals surface area contributed by atoms with Gasteiger partial charge in [0.05, 0.1) is 6.42 Å². The molecule has 6 nitrogen and oxygen atoms in total. The van der Waals surface area contributed by atoms with Crippen LogP contribution in [0.5, 0.6) is 0 Å². The Morgan fingerprint density at radius 3 is 2.52 bits per heavy atom. The normalized spacial score (nSPS) is 12.6. The molecular formula is C16H16FNO5S2. The first-order valence-corrected chi connectivity index (χ1v) is 9.68. The summed E-state index contributed by atoms with van der Waals surface area (Å²) >= 11 is 1.06. The quantitative estimate of drug-likeness (QED) is 0.557. The number of sulfonamides is 1. The number of thiophene rings is 1. The van der Waals surface area contributed by atoms with Gasteiger partial charge in [-0.2, -0.15) is 0 Å². The van der Waals surface area contributed by atoms with Gasteiger partial charge in [0.15, 0.2) is 6.10 Å². The smallest absolute Gasteiger partial charge is 0.307 e. The van der Waals surface area contributed by atoms with Crippen molar-refractivity contribution in [2.45, 2.75) is 23.7 Å². The summed E-state index contributed by atoms with van der Waals surface area (Å²) in [6, 6.07) is 7.95. The van der Waals surface area contributed by atoms with Gasteiger partial charge in [-0.3, -0.25) is 9.59 Å². The average Bonchev–Trinajstić information content (AvgIpc) is 3.10. The molecule has 0 fully saturated rings. The SMILES string of the molecule is C[C@@H](OC(=O)CCNS(=O)(=O)c1cccs1)C(=O)c1ccc(F)cc1. The second kappa shape index (κ2) is 8.32. The Kier molecular flexibility index (Phi) is 6.40. The molecule has 0 aliphatic carbocycles. The number of ether oxygens (including phenoxy) is 1. The van der Waals surface area contributed by atoms with Crippen LogP contribution in [0.15, 0.2) is 46.0 Å². The zero-order chi connectivity index (χ0) is 18.4. The molecule has 0 bridgehead atoms. The van der Waals surface area contributed by atoms with Crippen LogP contribution in [0, 0.1) is 5.82 Å². The lowest BCUT2D eigenvalue weighted by Crippen LogP contribution is -2.29. The van der Waals surface area contributed by atoms with Crippen LogP contribution < -0.4 is 4.72 Å². The van der Waals surface area contributed by atoms with Gasteiger partial charge in [-0.25, -0.2) is 17.5 Å². The molecule has 2 rings (SSSR count). The van der Waals surface area contributed by atoms with Gasteiger partial charge in [0.25, 0.3) is 0 Å². The summed E-state index contributed by atoms with van der Waals surface area (Å²) < 4.78 is 44.0. The number of nitrogens with one attached hydrogen (secondary N) is 1. The molecule has 0 amide bonds. The van der Waals surface area contributed by atoms with Crippen LogP contribution in [-0.4, -0.2) is 32.8 Å². The Morgan fingerprint density at radius 1 is 1.24 bits per heavy atom. The zero-order valence-electron chi connectivity index (χ0n) is 13.3. The predicted octanol–water partition coefficient (Wildman–Crippen LogP) is 2.37. The Morgan fingerprint density at radius 2 is 1.92 bits per heavy atom. The van der Waals surface area contributed by atoms with E-state index in [0.29, 0.717) is 0 Å². The van der Waals surface area contributed by atoms with E-state index in [0.717, 1.165) is 23.5 Å². The molecule has 0 saturated heterocycles. The van der Waals surface area contributed by atoms with E-state index in [1.807, 2.05) is 0 Å². The Labute approximate surface area is 148 Å². The first-order chi connectivity index (χ1) is 11.8. The second-order valence-electron chi connectivity index (χ2n) is 5.08.